The summed E-state index contributed by atoms with van der Waals surface area (Å²) in [6, 6.07) is 8.52. The zero-order valence-corrected chi connectivity index (χ0v) is 14.2. The van der Waals surface area contributed by atoms with Crippen molar-refractivity contribution in [3.8, 4) is 0 Å². The molecule has 1 atom stereocenters. The topological polar surface area (TPSA) is 38.3 Å². The van der Waals surface area contributed by atoms with Crippen molar-refractivity contribution in [3.05, 3.63) is 28.7 Å². The summed E-state index contributed by atoms with van der Waals surface area (Å²) in [7, 11) is 0. The highest BCUT2D eigenvalue weighted by atomic mass is 79.9. The highest BCUT2D eigenvalue weighted by Crippen LogP contribution is 2.31. The molecule has 20 heavy (non-hydrogen) atoms. The van der Waals surface area contributed by atoms with E-state index >= 15 is 0 Å². The molecule has 0 heterocycles. The van der Waals surface area contributed by atoms with Crippen LogP contribution in [0.5, 0.6) is 0 Å². The molecule has 1 aromatic rings. The van der Waals surface area contributed by atoms with Crippen molar-refractivity contribution >= 4 is 33.7 Å². The lowest BCUT2D eigenvalue weighted by atomic mass is 10.1. The number of ether oxygens (including phenoxy) is 1. The number of halogens is 1. The van der Waals surface area contributed by atoms with Crippen molar-refractivity contribution in [2.75, 3.05) is 12.4 Å². The van der Waals surface area contributed by atoms with E-state index in [-0.39, 0.29) is 5.97 Å². The molecule has 0 radical (unpaired) electrons. The first kappa shape index (κ1) is 15.9. The summed E-state index contributed by atoms with van der Waals surface area (Å²) in [6.45, 7) is 4.20. The average molecular weight is 358 g/mol. The second-order valence-corrected chi connectivity index (χ2v) is 7.06. The van der Waals surface area contributed by atoms with Gasteiger partial charge in [-0.3, -0.25) is 10.1 Å². The minimum atomic E-state index is -0.628. The van der Waals surface area contributed by atoms with Crippen LogP contribution in [0.2, 0.25) is 0 Å². The molecule has 0 spiro atoms. The monoisotopic (exact) mass is 357 g/mol. The minimum absolute atomic E-state index is 0.161. The number of carbonyl (C=O) groups excluding carboxylic acids is 1. The number of thioether (sulfide) groups is 1. The van der Waals surface area contributed by atoms with E-state index in [0.717, 1.165) is 22.2 Å². The highest BCUT2D eigenvalue weighted by Gasteiger charge is 2.39. The molecule has 0 aromatic heterocycles. The Morgan fingerprint density at radius 3 is 2.80 bits per heavy atom. The third-order valence-electron chi connectivity index (χ3n) is 3.18. The van der Waals surface area contributed by atoms with Gasteiger partial charge in [0.05, 0.1) is 6.61 Å². The van der Waals surface area contributed by atoms with Crippen LogP contribution in [0.25, 0.3) is 0 Å². The maximum Gasteiger partial charge on any atom is 0.326 e. The first-order valence-electron chi connectivity index (χ1n) is 6.87. The maximum absolute atomic E-state index is 12.2. The molecule has 1 unspecified atom stereocenters. The fourth-order valence-electron chi connectivity index (χ4n) is 1.91. The third kappa shape index (κ3) is 4.24. The van der Waals surface area contributed by atoms with Gasteiger partial charge < -0.3 is 4.74 Å². The Morgan fingerprint density at radius 1 is 1.50 bits per heavy atom. The first-order chi connectivity index (χ1) is 9.55. The summed E-state index contributed by atoms with van der Waals surface area (Å²) >= 11 is 5.21. The van der Waals surface area contributed by atoms with Gasteiger partial charge in [0.2, 0.25) is 0 Å². The van der Waals surface area contributed by atoms with Crippen LogP contribution in [-0.2, 0) is 9.53 Å². The first-order valence-corrected chi connectivity index (χ1v) is 8.65. The van der Waals surface area contributed by atoms with Gasteiger partial charge in [0.1, 0.15) is 5.54 Å². The Kier molecular flexibility index (Phi) is 5.52. The van der Waals surface area contributed by atoms with Gasteiger partial charge in [0.25, 0.3) is 0 Å². The molecule has 2 rings (SSSR count). The van der Waals surface area contributed by atoms with Gasteiger partial charge in [-0.15, -0.1) is 11.8 Å². The number of hydrogen-bond donors (Lipinski definition) is 1. The van der Waals surface area contributed by atoms with E-state index in [0.29, 0.717) is 18.4 Å². The van der Waals surface area contributed by atoms with Crippen LogP contribution in [0.1, 0.15) is 26.7 Å². The van der Waals surface area contributed by atoms with Gasteiger partial charge in [0, 0.05) is 21.2 Å². The van der Waals surface area contributed by atoms with Crippen LogP contribution in [-0.4, -0.2) is 29.9 Å². The molecule has 1 aliphatic carbocycles. The lowest BCUT2D eigenvalue weighted by Crippen LogP contribution is -2.53. The van der Waals surface area contributed by atoms with Crippen molar-refractivity contribution in [2.45, 2.75) is 43.2 Å². The molecule has 0 bridgehead atoms. The minimum Gasteiger partial charge on any atom is -0.465 e. The van der Waals surface area contributed by atoms with E-state index in [2.05, 4.69) is 27.3 Å². The van der Waals surface area contributed by atoms with Crippen molar-refractivity contribution in [2.24, 2.45) is 0 Å². The van der Waals surface area contributed by atoms with Crippen LogP contribution in [0, 0.1) is 0 Å². The zero-order chi connectivity index (χ0) is 14.6. The van der Waals surface area contributed by atoms with E-state index in [9.17, 15) is 4.79 Å². The molecule has 1 N–H and O–H groups in total. The van der Waals surface area contributed by atoms with Crippen molar-refractivity contribution in [1.82, 2.24) is 5.32 Å². The van der Waals surface area contributed by atoms with Crippen LogP contribution in [0.4, 0.5) is 0 Å². The van der Waals surface area contributed by atoms with E-state index in [4.69, 9.17) is 4.74 Å². The van der Waals surface area contributed by atoms with Gasteiger partial charge in [-0.1, -0.05) is 12.1 Å². The summed E-state index contributed by atoms with van der Waals surface area (Å²) in [5.74, 6) is 0.497. The van der Waals surface area contributed by atoms with Crippen LogP contribution >= 0.6 is 27.7 Å². The van der Waals surface area contributed by atoms with E-state index < -0.39 is 5.54 Å². The second kappa shape index (κ2) is 6.96. The number of carbonyl (C=O) groups is 1. The molecule has 1 saturated carbocycles. The molecule has 1 aromatic carbocycles. The van der Waals surface area contributed by atoms with Gasteiger partial charge in [0.15, 0.2) is 0 Å². The Bertz CT molecular complexity index is 479. The van der Waals surface area contributed by atoms with Gasteiger partial charge in [-0.2, -0.15) is 0 Å². The number of esters is 1. The number of nitrogens with one attached hydrogen (secondary N) is 1. The fraction of sp³-hybridized carbons (Fsp3) is 0.533. The number of hydrogen-bond acceptors (Lipinski definition) is 4. The Labute approximate surface area is 133 Å². The normalized spacial score (nSPS) is 17.6. The van der Waals surface area contributed by atoms with Gasteiger partial charge in [-0.25, -0.2) is 0 Å². The molecular formula is C15H20BrNO2S. The Morgan fingerprint density at radius 2 is 2.20 bits per heavy atom. The smallest absolute Gasteiger partial charge is 0.326 e. The molecule has 0 aliphatic heterocycles. The second-order valence-electron chi connectivity index (χ2n) is 5.19. The summed E-state index contributed by atoms with van der Waals surface area (Å²) in [5.41, 5.74) is -0.628. The molecule has 1 fully saturated rings. The van der Waals surface area contributed by atoms with Crippen LogP contribution in [0.3, 0.4) is 0 Å². The largest absolute Gasteiger partial charge is 0.465 e. The van der Waals surface area contributed by atoms with Gasteiger partial charge in [-0.05, 0) is 54.8 Å². The Balaban J connectivity index is 2.03. The summed E-state index contributed by atoms with van der Waals surface area (Å²) in [4.78, 5) is 13.4. The summed E-state index contributed by atoms with van der Waals surface area (Å²) in [6.07, 6.45) is 2.30. The lowest BCUT2D eigenvalue weighted by molar-refractivity contribution is -0.149. The quantitative estimate of drug-likeness (QED) is 0.597. The predicted molar refractivity (Wildman–Crippen MR) is 86.1 cm³/mol. The molecule has 0 saturated heterocycles. The molecule has 0 amide bonds. The molecule has 110 valence electrons. The molecule has 5 heteroatoms. The zero-order valence-electron chi connectivity index (χ0n) is 11.8. The Hall–Kier alpha value is -0.520. The lowest BCUT2D eigenvalue weighted by Gasteiger charge is -2.28. The molecule has 3 nitrogen and oxygen atoms in total. The molecule has 1 aliphatic rings. The standard InChI is InChI=1S/C15H20BrNO2S/c1-3-19-14(18)15(2,17-11-8-9-11)10-20-13-7-5-4-6-12(13)16/h4-7,11,17H,3,8-10H2,1-2H3. The van der Waals surface area contributed by atoms with Crippen LogP contribution < -0.4 is 5.32 Å². The average Bonchev–Trinajstić information content (AvgIpc) is 3.22. The summed E-state index contributed by atoms with van der Waals surface area (Å²) < 4.78 is 6.29. The summed E-state index contributed by atoms with van der Waals surface area (Å²) in [5, 5.41) is 3.43. The van der Waals surface area contributed by atoms with Gasteiger partial charge >= 0.3 is 5.97 Å². The van der Waals surface area contributed by atoms with Crippen molar-refractivity contribution < 1.29 is 9.53 Å². The number of benzene rings is 1. The highest BCUT2D eigenvalue weighted by molar-refractivity contribution is 9.10. The predicted octanol–water partition coefficient (Wildman–Crippen LogP) is 3.62. The molecular weight excluding hydrogens is 338 g/mol. The van der Waals surface area contributed by atoms with E-state index in [1.165, 1.54) is 0 Å². The maximum atomic E-state index is 12.2. The fourth-order valence-corrected chi connectivity index (χ4v) is 3.57. The van der Waals surface area contributed by atoms with Crippen LogP contribution in [0.15, 0.2) is 33.6 Å². The van der Waals surface area contributed by atoms with Crippen molar-refractivity contribution in [1.29, 1.82) is 0 Å². The van der Waals surface area contributed by atoms with E-state index in [1.54, 1.807) is 11.8 Å². The van der Waals surface area contributed by atoms with Crippen molar-refractivity contribution in [3.63, 3.8) is 0 Å². The van der Waals surface area contributed by atoms with E-state index in [1.807, 2.05) is 32.0 Å². The third-order valence-corrected chi connectivity index (χ3v) is 5.52. The number of rotatable bonds is 7. The SMILES string of the molecule is CCOC(=O)C(C)(CSc1ccccc1Br)NC1CC1.